The van der Waals surface area contributed by atoms with Gasteiger partial charge in [-0.15, -0.1) is 0 Å². The van der Waals surface area contributed by atoms with Crippen LogP contribution >= 0.6 is 0 Å². The number of rotatable bonds is 6. The van der Waals surface area contributed by atoms with Gasteiger partial charge in [-0.2, -0.15) is 0 Å². The van der Waals surface area contributed by atoms with Crippen molar-refractivity contribution in [1.82, 2.24) is 0 Å². The third-order valence-electron chi connectivity index (χ3n) is 5.67. The minimum absolute atomic E-state index is 0. The maximum atomic E-state index is 12.1. The summed E-state index contributed by atoms with van der Waals surface area (Å²) in [6.07, 6.45) is 1.94. The first kappa shape index (κ1) is 29.0. The van der Waals surface area contributed by atoms with E-state index in [1.165, 1.54) is 54.6 Å². The predicted octanol–water partition coefficient (Wildman–Crippen LogP) is 3.18. The fraction of sp³-hybridized carbons (Fsp3) is 0.0833. The van der Waals surface area contributed by atoms with Crippen LogP contribution in [-0.2, 0) is 47.4 Å². The fourth-order valence-corrected chi connectivity index (χ4v) is 6.39. The molecule has 0 aromatic heterocycles. The summed E-state index contributed by atoms with van der Waals surface area (Å²) in [7, 11) is -15.0. The van der Waals surface area contributed by atoms with Crippen molar-refractivity contribution in [3.8, 4) is 0 Å². The van der Waals surface area contributed by atoms with Gasteiger partial charge in [0.05, 0.1) is 14.7 Å². The second kappa shape index (κ2) is 10.6. The Bertz CT molecular complexity index is 1760. The van der Waals surface area contributed by atoms with Crippen molar-refractivity contribution in [2.24, 2.45) is 0 Å². The van der Waals surface area contributed by atoms with Crippen LogP contribution in [-0.4, -0.2) is 38.9 Å². The Balaban J connectivity index is 0.00000380. The maximum Gasteiger partial charge on any atom is 3.00 e. The van der Waals surface area contributed by atoms with Crippen LogP contribution < -0.4 is 0 Å². The Morgan fingerprint density at radius 3 is 1.41 bits per heavy atom. The largest absolute Gasteiger partial charge is 3.00 e. The van der Waals surface area contributed by atoms with Crippen LogP contribution in [0.1, 0.15) is 29.5 Å². The van der Waals surface area contributed by atoms with Gasteiger partial charge in [-0.1, -0.05) is 60.7 Å². The van der Waals surface area contributed by atoms with Gasteiger partial charge in [0.1, 0.15) is 30.4 Å². The molecule has 0 aliphatic heterocycles. The molecular weight excluding hydrogens is 583 g/mol. The second-order valence-corrected chi connectivity index (χ2v) is 11.9. The average Bonchev–Trinajstić information content (AvgIpc) is 2.82. The molecule has 9 nitrogen and oxygen atoms in total. The summed E-state index contributed by atoms with van der Waals surface area (Å²) >= 11 is 0. The minimum Gasteiger partial charge on any atom is -0.744 e. The predicted molar refractivity (Wildman–Crippen MR) is 127 cm³/mol. The number of allylic oxidation sites excluding steroid dienone is 4. The van der Waals surface area contributed by atoms with Gasteiger partial charge >= 0.3 is 17.1 Å². The summed E-state index contributed by atoms with van der Waals surface area (Å²) in [6, 6.07) is 15.7. The molecule has 1 aliphatic carbocycles. The monoisotopic (exact) mass is 600 g/mol. The summed E-state index contributed by atoms with van der Waals surface area (Å²) in [4.78, 5) is -1.77. The molecule has 4 rings (SSSR count). The summed E-state index contributed by atoms with van der Waals surface area (Å²) in [5.74, 6) is 0. The molecule has 0 amide bonds. The van der Waals surface area contributed by atoms with Gasteiger partial charge in [-0.3, -0.25) is 0 Å². The molecule has 3 aromatic rings. The van der Waals surface area contributed by atoms with Crippen LogP contribution in [0.25, 0.3) is 16.7 Å². The van der Waals surface area contributed by atoms with E-state index in [-0.39, 0.29) is 63.3 Å². The number of hydrogen-bond acceptors (Lipinski definition) is 9. The summed E-state index contributed by atoms with van der Waals surface area (Å²) in [5.41, 5.74) is 0.152. The molecule has 0 heterocycles. The third-order valence-corrected chi connectivity index (χ3v) is 8.35. The molecule has 13 heteroatoms. The Hall–Kier alpha value is -2.61. The zero-order valence-corrected chi connectivity index (χ0v) is 22.3. The zero-order chi connectivity index (χ0) is 26.3. The quantitative estimate of drug-likeness (QED) is 0.304. The van der Waals surface area contributed by atoms with E-state index in [2.05, 4.69) is 0 Å². The van der Waals surface area contributed by atoms with Gasteiger partial charge < -0.3 is 13.7 Å². The Morgan fingerprint density at radius 2 is 0.919 bits per heavy atom. The van der Waals surface area contributed by atoms with E-state index in [0.717, 1.165) is 18.2 Å². The van der Waals surface area contributed by atoms with Gasteiger partial charge in [-0.25, -0.2) is 25.3 Å². The molecule has 1 aliphatic rings. The van der Waals surface area contributed by atoms with E-state index in [0.29, 0.717) is 0 Å². The molecule has 0 saturated carbocycles. The molecule has 37 heavy (non-hydrogen) atoms. The second-order valence-electron chi connectivity index (χ2n) is 7.86. The van der Waals surface area contributed by atoms with Crippen LogP contribution in [0.15, 0.2) is 93.6 Å². The molecule has 0 spiro atoms. The molecule has 0 N–H and O–H groups in total. The van der Waals surface area contributed by atoms with Gasteiger partial charge in [0, 0.05) is 5.56 Å². The molecule has 0 unspecified atom stereocenters. The van der Waals surface area contributed by atoms with Crippen LogP contribution in [0.2, 0.25) is 0 Å². The minimum atomic E-state index is -5.04. The fourth-order valence-electron chi connectivity index (χ4n) is 4.30. The smallest absolute Gasteiger partial charge is 0.744 e. The standard InChI is InChI=1S/C24H20O9S3.Mn/c25-34(26,27)21-13-4-1-8-16(21)18-11-7-12-19(17-9-2-5-14-22(17)35(28,29)30)24(18)20-10-3-6-15-23(20)36(31,32)33;/h1-6,8-11,13-15H,7,12H2,(H,25,26,27)(H,28,29,30)(H,31,32,33);/q;+3/p-3. The number of hydrogen-bond donors (Lipinski definition) is 0. The van der Waals surface area contributed by atoms with Crippen molar-refractivity contribution in [3.63, 3.8) is 0 Å². The van der Waals surface area contributed by atoms with E-state index in [1.807, 2.05) is 0 Å². The van der Waals surface area contributed by atoms with E-state index >= 15 is 0 Å². The van der Waals surface area contributed by atoms with E-state index in [9.17, 15) is 38.9 Å². The Morgan fingerprint density at radius 1 is 0.541 bits per heavy atom. The maximum absolute atomic E-state index is 12.1. The Labute approximate surface area is 225 Å². The van der Waals surface area contributed by atoms with E-state index < -0.39 is 45.0 Å². The first-order chi connectivity index (χ1) is 16.8. The first-order valence-electron chi connectivity index (χ1n) is 10.4. The molecule has 0 radical (unpaired) electrons. The van der Waals surface area contributed by atoms with E-state index in [4.69, 9.17) is 0 Å². The molecule has 0 bridgehead atoms. The molecular formula is C24H17MnO9S3. The van der Waals surface area contributed by atoms with Crippen LogP contribution in [0, 0.1) is 0 Å². The SMILES string of the molecule is O=S(=O)([O-])c1ccccc1C1=CCCC(c2ccccc2S(=O)(=O)[O-])=C1c1ccccc1S(=O)(=O)[O-].[Mn+3]. The van der Waals surface area contributed by atoms with Gasteiger partial charge in [0.2, 0.25) is 0 Å². The molecule has 192 valence electrons. The average molecular weight is 601 g/mol. The van der Waals surface area contributed by atoms with Crippen molar-refractivity contribution in [3.05, 3.63) is 95.6 Å². The molecule has 3 aromatic carbocycles. The molecule has 0 saturated heterocycles. The topological polar surface area (TPSA) is 172 Å². The molecule has 0 fully saturated rings. The van der Waals surface area contributed by atoms with Gasteiger partial charge in [0.15, 0.2) is 0 Å². The summed E-state index contributed by atoms with van der Waals surface area (Å²) in [5, 5.41) is 0. The van der Waals surface area contributed by atoms with Crippen LogP contribution in [0.3, 0.4) is 0 Å². The van der Waals surface area contributed by atoms with Crippen LogP contribution in [0.4, 0.5) is 0 Å². The van der Waals surface area contributed by atoms with Gasteiger partial charge in [0.25, 0.3) is 0 Å². The number of benzene rings is 3. The van der Waals surface area contributed by atoms with Crippen molar-refractivity contribution in [2.45, 2.75) is 27.5 Å². The normalized spacial score (nSPS) is 14.6. The Kier molecular flexibility index (Phi) is 8.32. The third kappa shape index (κ3) is 5.95. The van der Waals surface area contributed by atoms with Crippen molar-refractivity contribution in [2.75, 3.05) is 0 Å². The summed E-state index contributed by atoms with van der Waals surface area (Å²) < 4.78 is 109. The summed E-state index contributed by atoms with van der Waals surface area (Å²) in [6.45, 7) is 0. The van der Waals surface area contributed by atoms with E-state index in [1.54, 1.807) is 6.08 Å². The zero-order valence-electron chi connectivity index (χ0n) is 18.7. The van der Waals surface area contributed by atoms with Crippen LogP contribution in [0.5, 0.6) is 0 Å². The van der Waals surface area contributed by atoms with Crippen molar-refractivity contribution >= 4 is 47.1 Å². The molecule has 0 atom stereocenters. The first-order valence-corrected chi connectivity index (χ1v) is 14.6. The van der Waals surface area contributed by atoms with Crippen molar-refractivity contribution < 1.29 is 56.0 Å². The van der Waals surface area contributed by atoms with Gasteiger partial charge in [-0.05, 0) is 58.9 Å². The van der Waals surface area contributed by atoms with Crippen molar-refractivity contribution in [1.29, 1.82) is 0 Å².